The van der Waals surface area contributed by atoms with E-state index in [9.17, 15) is 18.0 Å². The van der Waals surface area contributed by atoms with Crippen molar-refractivity contribution in [3.05, 3.63) is 64.8 Å². The van der Waals surface area contributed by atoms with E-state index >= 15 is 0 Å². The zero-order chi connectivity index (χ0) is 21.5. The number of aromatic nitrogens is 1. The predicted octanol–water partition coefficient (Wildman–Crippen LogP) is 2.49. The van der Waals surface area contributed by atoms with Gasteiger partial charge in [0, 0.05) is 36.1 Å². The van der Waals surface area contributed by atoms with E-state index in [0.29, 0.717) is 18.5 Å². The quantitative estimate of drug-likeness (QED) is 0.640. The minimum Gasteiger partial charge on any atom is -0.465 e. The van der Waals surface area contributed by atoms with Crippen molar-refractivity contribution in [1.82, 2.24) is 9.29 Å². The first-order chi connectivity index (χ1) is 14.3. The summed E-state index contributed by atoms with van der Waals surface area (Å²) in [6.07, 6.45) is 0.507. The number of nitrogens with zero attached hydrogens (tertiary/aromatic N) is 1. The molecule has 0 unspecified atom stereocenters. The molecule has 1 N–H and O–H groups in total. The van der Waals surface area contributed by atoms with Crippen LogP contribution in [0.2, 0.25) is 0 Å². The van der Waals surface area contributed by atoms with Gasteiger partial charge in [-0.15, -0.1) is 0 Å². The number of carbonyl (C=O) groups excluding carboxylic acids is 2. The van der Waals surface area contributed by atoms with Crippen molar-refractivity contribution in [2.45, 2.75) is 17.9 Å². The number of rotatable bonds is 4. The molecule has 0 bridgehead atoms. The second-order valence-electron chi connectivity index (χ2n) is 6.94. The fraction of sp³-hybridized carbons (Fsp3) is 0.238. The van der Waals surface area contributed by atoms with Crippen molar-refractivity contribution in [2.75, 3.05) is 20.8 Å². The molecule has 3 aromatic rings. The lowest BCUT2D eigenvalue weighted by Gasteiger charge is -2.26. The van der Waals surface area contributed by atoms with Crippen LogP contribution in [0, 0.1) is 0 Å². The molecule has 0 saturated heterocycles. The lowest BCUT2D eigenvalue weighted by molar-refractivity contribution is 0.0591. The molecule has 0 saturated carbocycles. The normalized spacial score (nSPS) is 14.3. The Morgan fingerprint density at radius 3 is 2.40 bits per heavy atom. The van der Waals surface area contributed by atoms with Gasteiger partial charge in [-0.25, -0.2) is 18.0 Å². The molecular formula is C21H20N2O6S. The molecule has 4 rings (SSSR count). The van der Waals surface area contributed by atoms with Crippen molar-refractivity contribution in [3.63, 3.8) is 0 Å². The van der Waals surface area contributed by atoms with E-state index in [1.54, 1.807) is 18.2 Å². The molecule has 1 aliphatic heterocycles. The summed E-state index contributed by atoms with van der Waals surface area (Å²) in [6, 6.07) is 11.0. The molecule has 0 aliphatic carbocycles. The summed E-state index contributed by atoms with van der Waals surface area (Å²) in [5.41, 5.74) is 3.18. The molecule has 156 valence electrons. The van der Waals surface area contributed by atoms with E-state index in [4.69, 9.17) is 4.74 Å². The van der Waals surface area contributed by atoms with Crippen molar-refractivity contribution in [1.29, 1.82) is 0 Å². The molecule has 8 nitrogen and oxygen atoms in total. The van der Waals surface area contributed by atoms with Crippen LogP contribution in [0.3, 0.4) is 0 Å². The fourth-order valence-corrected chi connectivity index (χ4v) is 5.15. The number of fused-ring (bicyclic) bond motifs is 3. The number of methoxy groups -OCH3 is 2. The van der Waals surface area contributed by atoms with E-state index in [1.165, 1.54) is 42.8 Å². The van der Waals surface area contributed by atoms with Crippen LogP contribution in [0.4, 0.5) is 0 Å². The maximum absolute atomic E-state index is 13.2. The number of carbonyl (C=O) groups is 2. The SMILES string of the molecule is COC(=O)c1cccc(S(=O)(=O)N2CCc3[nH]c4ccc(C(=O)OC)cc4c3C2)c1. The summed E-state index contributed by atoms with van der Waals surface area (Å²) in [4.78, 5) is 27.0. The fourth-order valence-electron chi connectivity index (χ4n) is 3.69. The Balaban J connectivity index is 1.71. The Kier molecular flexibility index (Phi) is 5.08. The third kappa shape index (κ3) is 3.35. The maximum Gasteiger partial charge on any atom is 0.337 e. The van der Waals surface area contributed by atoms with Gasteiger partial charge in [0.1, 0.15) is 0 Å². The summed E-state index contributed by atoms with van der Waals surface area (Å²) < 4.78 is 37.3. The molecule has 30 heavy (non-hydrogen) atoms. The van der Waals surface area contributed by atoms with E-state index in [1.807, 2.05) is 0 Å². The average molecular weight is 428 g/mol. The molecule has 2 heterocycles. The van der Waals surface area contributed by atoms with Crippen LogP contribution in [0.1, 0.15) is 32.0 Å². The Labute approximate surface area is 173 Å². The van der Waals surface area contributed by atoms with E-state index in [0.717, 1.165) is 22.2 Å². The van der Waals surface area contributed by atoms with Gasteiger partial charge >= 0.3 is 11.9 Å². The smallest absolute Gasteiger partial charge is 0.337 e. The maximum atomic E-state index is 13.2. The number of ether oxygens (including phenoxy) is 2. The predicted molar refractivity (Wildman–Crippen MR) is 109 cm³/mol. The molecule has 2 aromatic carbocycles. The average Bonchev–Trinajstić information content (AvgIpc) is 3.15. The van der Waals surface area contributed by atoms with Crippen LogP contribution in [0.25, 0.3) is 10.9 Å². The zero-order valence-corrected chi connectivity index (χ0v) is 17.3. The largest absolute Gasteiger partial charge is 0.465 e. The molecule has 0 amide bonds. The van der Waals surface area contributed by atoms with Gasteiger partial charge in [0.2, 0.25) is 10.0 Å². The Morgan fingerprint density at radius 2 is 1.70 bits per heavy atom. The number of hydrogen-bond donors (Lipinski definition) is 1. The summed E-state index contributed by atoms with van der Waals surface area (Å²) >= 11 is 0. The van der Waals surface area contributed by atoms with Gasteiger partial charge in [-0.3, -0.25) is 0 Å². The summed E-state index contributed by atoms with van der Waals surface area (Å²) in [6.45, 7) is 0.458. The highest BCUT2D eigenvalue weighted by molar-refractivity contribution is 7.89. The number of aromatic amines is 1. The molecule has 0 spiro atoms. The first-order valence-corrected chi connectivity index (χ1v) is 10.7. The summed E-state index contributed by atoms with van der Waals surface area (Å²) in [7, 11) is -1.27. The Morgan fingerprint density at radius 1 is 1.00 bits per heavy atom. The van der Waals surface area contributed by atoms with Crippen LogP contribution in [0.5, 0.6) is 0 Å². The van der Waals surface area contributed by atoms with Crippen molar-refractivity contribution < 1.29 is 27.5 Å². The lowest BCUT2D eigenvalue weighted by atomic mass is 10.0. The molecule has 1 aromatic heterocycles. The first kappa shape index (κ1) is 20.1. The minimum absolute atomic E-state index is 0.0314. The van der Waals surface area contributed by atoms with E-state index in [2.05, 4.69) is 9.72 Å². The Hall–Kier alpha value is -3.17. The number of H-pyrrole nitrogens is 1. The van der Waals surface area contributed by atoms with Crippen molar-refractivity contribution in [3.8, 4) is 0 Å². The summed E-state index contributed by atoms with van der Waals surface area (Å²) in [5, 5.41) is 0.788. The van der Waals surface area contributed by atoms with Gasteiger partial charge in [-0.05, 0) is 42.0 Å². The van der Waals surface area contributed by atoms with Crippen LogP contribution in [-0.4, -0.2) is 50.4 Å². The van der Waals surface area contributed by atoms with Gasteiger partial charge in [-0.1, -0.05) is 6.07 Å². The third-order valence-electron chi connectivity index (χ3n) is 5.25. The van der Waals surface area contributed by atoms with E-state index in [-0.39, 0.29) is 17.0 Å². The first-order valence-electron chi connectivity index (χ1n) is 9.25. The van der Waals surface area contributed by atoms with Crippen LogP contribution in [-0.2, 0) is 32.5 Å². The monoisotopic (exact) mass is 428 g/mol. The number of esters is 2. The molecule has 0 atom stereocenters. The zero-order valence-electron chi connectivity index (χ0n) is 16.5. The van der Waals surface area contributed by atoms with Crippen LogP contribution < -0.4 is 0 Å². The van der Waals surface area contributed by atoms with Crippen molar-refractivity contribution in [2.24, 2.45) is 0 Å². The number of hydrogen-bond acceptors (Lipinski definition) is 6. The van der Waals surface area contributed by atoms with Gasteiger partial charge < -0.3 is 14.5 Å². The molecule has 9 heteroatoms. The standard InChI is InChI=1S/C21H20N2O6S/c1-28-20(24)13-4-3-5-15(10-13)30(26,27)23-9-8-19-17(12-23)16-11-14(21(25)29-2)6-7-18(16)22-19/h3-7,10-11,22H,8-9,12H2,1-2H3. The van der Waals surface area contributed by atoms with Gasteiger partial charge in [-0.2, -0.15) is 4.31 Å². The van der Waals surface area contributed by atoms with Crippen LogP contribution >= 0.6 is 0 Å². The Bertz CT molecular complexity index is 1260. The second-order valence-corrected chi connectivity index (χ2v) is 8.88. The third-order valence-corrected chi connectivity index (χ3v) is 7.10. The number of nitrogens with one attached hydrogen (secondary N) is 1. The molecule has 0 radical (unpaired) electrons. The highest BCUT2D eigenvalue weighted by Gasteiger charge is 2.31. The topological polar surface area (TPSA) is 106 Å². The molecule has 0 fully saturated rings. The number of sulfonamides is 1. The number of benzene rings is 2. The van der Waals surface area contributed by atoms with Gasteiger partial charge in [0.05, 0.1) is 30.2 Å². The van der Waals surface area contributed by atoms with E-state index < -0.39 is 22.0 Å². The van der Waals surface area contributed by atoms with Gasteiger partial charge in [0.15, 0.2) is 0 Å². The summed E-state index contributed by atoms with van der Waals surface area (Å²) in [5.74, 6) is -1.05. The highest BCUT2D eigenvalue weighted by atomic mass is 32.2. The second kappa shape index (κ2) is 7.58. The molecule has 1 aliphatic rings. The minimum atomic E-state index is -3.83. The van der Waals surface area contributed by atoms with Gasteiger partial charge in [0.25, 0.3) is 0 Å². The highest BCUT2D eigenvalue weighted by Crippen LogP contribution is 2.31. The lowest BCUT2D eigenvalue weighted by Crippen LogP contribution is -2.35. The van der Waals surface area contributed by atoms with Crippen LogP contribution in [0.15, 0.2) is 47.4 Å². The molecular weight excluding hydrogens is 408 g/mol. The van der Waals surface area contributed by atoms with Crippen molar-refractivity contribution >= 4 is 32.9 Å².